The van der Waals surface area contributed by atoms with Crippen molar-refractivity contribution in [3.63, 3.8) is 0 Å². The fraction of sp³-hybridized carbons (Fsp3) is 0. The van der Waals surface area contributed by atoms with Gasteiger partial charge in [-0.2, -0.15) is 0 Å². The van der Waals surface area contributed by atoms with Crippen LogP contribution in [0.5, 0.6) is 0 Å². The molecule has 0 radical (unpaired) electrons. The Bertz CT molecular complexity index is 737. The minimum atomic E-state index is -0.377. The van der Waals surface area contributed by atoms with E-state index in [0.717, 1.165) is 5.52 Å². The van der Waals surface area contributed by atoms with Crippen molar-refractivity contribution in [2.24, 2.45) is 0 Å². The summed E-state index contributed by atoms with van der Waals surface area (Å²) in [5.41, 5.74) is 2.14. The average Bonchev–Trinajstić information content (AvgIpc) is 2.74. The van der Waals surface area contributed by atoms with Crippen LogP contribution in [0.1, 0.15) is 0 Å². The van der Waals surface area contributed by atoms with Gasteiger partial charge in [-0.3, -0.25) is 0 Å². The third-order valence-corrected chi connectivity index (χ3v) is 3.27. The number of hydrogen-bond donors (Lipinski definition) is 1. The van der Waals surface area contributed by atoms with Crippen molar-refractivity contribution >= 4 is 34.2 Å². The van der Waals surface area contributed by atoms with E-state index in [1.54, 1.807) is 12.1 Å². The van der Waals surface area contributed by atoms with Gasteiger partial charge >= 0.3 is 0 Å². The van der Waals surface area contributed by atoms with Gasteiger partial charge in [0, 0.05) is 5.56 Å². The predicted molar refractivity (Wildman–Crippen MR) is 71.5 cm³/mol. The zero-order valence-corrected chi connectivity index (χ0v) is 10.6. The second-order valence-corrected chi connectivity index (χ2v) is 4.66. The third-order valence-electron chi connectivity index (χ3n) is 2.65. The van der Waals surface area contributed by atoms with Crippen LogP contribution in [0.4, 0.5) is 4.39 Å². The van der Waals surface area contributed by atoms with Crippen molar-refractivity contribution < 1.29 is 4.39 Å². The summed E-state index contributed by atoms with van der Waals surface area (Å²) in [5.74, 6) is 0.195. The van der Waals surface area contributed by atoms with Crippen LogP contribution in [0.2, 0.25) is 10.0 Å². The number of imidazole rings is 1. The highest BCUT2D eigenvalue weighted by molar-refractivity contribution is 6.35. The van der Waals surface area contributed by atoms with Crippen LogP contribution < -0.4 is 0 Å². The molecule has 3 rings (SSSR count). The predicted octanol–water partition coefficient (Wildman–Crippen LogP) is 4.68. The molecule has 2 nitrogen and oxygen atoms in total. The van der Waals surface area contributed by atoms with Gasteiger partial charge < -0.3 is 4.98 Å². The largest absolute Gasteiger partial charge is 0.338 e. The van der Waals surface area contributed by atoms with Crippen LogP contribution in [0.25, 0.3) is 22.4 Å². The Morgan fingerprint density at radius 3 is 2.61 bits per heavy atom. The number of rotatable bonds is 1. The molecular weight excluding hydrogens is 274 g/mol. The van der Waals surface area contributed by atoms with Crippen molar-refractivity contribution in [1.29, 1.82) is 0 Å². The highest BCUT2D eigenvalue weighted by atomic mass is 35.5. The number of fused-ring (bicyclic) bond motifs is 1. The molecule has 0 saturated heterocycles. The lowest BCUT2D eigenvalue weighted by molar-refractivity contribution is 0.628. The number of nitrogens with one attached hydrogen (secondary N) is 1. The zero-order valence-electron chi connectivity index (χ0n) is 9.05. The SMILES string of the molecule is Fc1ccc(-c2nc3c(Cl)cccc3[nH]2)c(Cl)c1. The first-order valence-electron chi connectivity index (χ1n) is 5.25. The first kappa shape index (κ1) is 11.5. The molecule has 0 fully saturated rings. The summed E-state index contributed by atoms with van der Waals surface area (Å²) < 4.78 is 13.0. The first-order chi connectivity index (χ1) is 8.65. The van der Waals surface area contributed by atoms with E-state index in [2.05, 4.69) is 9.97 Å². The number of nitrogens with zero attached hydrogens (tertiary/aromatic N) is 1. The van der Waals surface area contributed by atoms with Crippen molar-refractivity contribution in [1.82, 2.24) is 9.97 Å². The van der Waals surface area contributed by atoms with Crippen LogP contribution in [0, 0.1) is 5.82 Å². The Balaban J connectivity index is 2.23. The minimum absolute atomic E-state index is 0.310. The smallest absolute Gasteiger partial charge is 0.140 e. The maximum atomic E-state index is 13.0. The fourth-order valence-corrected chi connectivity index (χ4v) is 2.28. The van der Waals surface area contributed by atoms with E-state index < -0.39 is 0 Å². The summed E-state index contributed by atoms with van der Waals surface area (Å²) in [6.45, 7) is 0. The molecule has 1 N–H and O–H groups in total. The van der Waals surface area contributed by atoms with E-state index in [-0.39, 0.29) is 5.82 Å². The minimum Gasteiger partial charge on any atom is -0.338 e. The van der Waals surface area contributed by atoms with Crippen molar-refractivity contribution in [2.75, 3.05) is 0 Å². The molecule has 1 heterocycles. The van der Waals surface area contributed by atoms with Crippen molar-refractivity contribution in [3.05, 3.63) is 52.3 Å². The Kier molecular flexibility index (Phi) is 2.73. The molecule has 0 amide bonds. The summed E-state index contributed by atoms with van der Waals surface area (Å²) in [6, 6.07) is 9.65. The Morgan fingerprint density at radius 2 is 1.89 bits per heavy atom. The molecule has 0 bridgehead atoms. The number of aromatic amines is 1. The summed E-state index contributed by atoms with van der Waals surface area (Å²) >= 11 is 12.0. The lowest BCUT2D eigenvalue weighted by Crippen LogP contribution is -1.83. The van der Waals surface area contributed by atoms with E-state index in [4.69, 9.17) is 23.2 Å². The second kappa shape index (κ2) is 4.26. The van der Waals surface area contributed by atoms with Crippen molar-refractivity contribution in [3.8, 4) is 11.4 Å². The molecule has 5 heteroatoms. The highest BCUT2D eigenvalue weighted by Crippen LogP contribution is 2.30. The standard InChI is InChI=1S/C13H7Cl2FN2/c14-9-2-1-3-11-12(9)18-13(17-11)8-5-4-7(16)6-10(8)15/h1-6H,(H,17,18). The first-order valence-corrected chi connectivity index (χ1v) is 6.00. The van der Waals surface area contributed by atoms with Crippen LogP contribution in [0.3, 0.4) is 0 Å². The molecule has 0 aliphatic carbocycles. The van der Waals surface area contributed by atoms with Gasteiger partial charge in [-0.15, -0.1) is 0 Å². The van der Waals surface area contributed by atoms with Gasteiger partial charge in [-0.05, 0) is 30.3 Å². The van der Waals surface area contributed by atoms with Gasteiger partial charge in [0.15, 0.2) is 0 Å². The molecule has 3 aromatic rings. The molecule has 2 aromatic carbocycles. The molecular formula is C13H7Cl2FN2. The summed E-state index contributed by atoms with van der Waals surface area (Å²) in [4.78, 5) is 7.49. The van der Waals surface area contributed by atoms with Gasteiger partial charge in [0.25, 0.3) is 0 Å². The van der Waals surface area contributed by atoms with E-state index in [9.17, 15) is 4.39 Å². The molecule has 0 aliphatic rings. The van der Waals surface area contributed by atoms with Crippen LogP contribution in [-0.4, -0.2) is 9.97 Å². The quantitative estimate of drug-likeness (QED) is 0.689. The van der Waals surface area contributed by atoms with Gasteiger partial charge in [-0.25, -0.2) is 9.37 Å². The molecule has 1 aromatic heterocycles. The second-order valence-electron chi connectivity index (χ2n) is 3.85. The number of para-hydroxylation sites is 1. The Hall–Kier alpha value is -1.58. The van der Waals surface area contributed by atoms with Crippen LogP contribution in [-0.2, 0) is 0 Å². The molecule has 0 aliphatic heterocycles. The van der Waals surface area contributed by atoms with Gasteiger partial charge in [0.2, 0.25) is 0 Å². The number of hydrogen-bond acceptors (Lipinski definition) is 1. The number of halogens is 3. The van der Waals surface area contributed by atoms with Gasteiger partial charge in [-0.1, -0.05) is 29.3 Å². The third kappa shape index (κ3) is 1.85. The molecule has 0 atom stereocenters. The number of H-pyrrole nitrogens is 1. The normalized spacial score (nSPS) is 11.1. The monoisotopic (exact) mass is 280 g/mol. The zero-order chi connectivity index (χ0) is 12.7. The molecule has 18 heavy (non-hydrogen) atoms. The molecule has 0 saturated carbocycles. The van der Waals surface area contributed by atoms with Crippen molar-refractivity contribution in [2.45, 2.75) is 0 Å². The van der Waals surface area contributed by atoms with E-state index in [0.29, 0.717) is 26.9 Å². The summed E-state index contributed by atoms with van der Waals surface area (Å²) in [6.07, 6.45) is 0. The van der Waals surface area contributed by atoms with Gasteiger partial charge in [0.05, 0.1) is 15.6 Å². The number of aromatic nitrogens is 2. The van der Waals surface area contributed by atoms with E-state index >= 15 is 0 Å². The topological polar surface area (TPSA) is 28.7 Å². The highest BCUT2D eigenvalue weighted by Gasteiger charge is 2.11. The van der Waals surface area contributed by atoms with Crippen LogP contribution in [0.15, 0.2) is 36.4 Å². The molecule has 0 spiro atoms. The molecule has 90 valence electrons. The average molecular weight is 281 g/mol. The molecule has 0 unspecified atom stereocenters. The lowest BCUT2D eigenvalue weighted by Gasteiger charge is -1.99. The number of benzene rings is 2. The fourth-order valence-electron chi connectivity index (χ4n) is 1.81. The van der Waals surface area contributed by atoms with E-state index in [1.165, 1.54) is 12.1 Å². The Labute approximate surface area is 112 Å². The summed E-state index contributed by atoms with van der Waals surface area (Å²) in [5, 5.41) is 0.874. The van der Waals surface area contributed by atoms with E-state index in [1.807, 2.05) is 12.1 Å². The lowest BCUT2D eigenvalue weighted by atomic mass is 10.2. The van der Waals surface area contributed by atoms with Crippen LogP contribution >= 0.6 is 23.2 Å². The maximum absolute atomic E-state index is 13.0. The summed E-state index contributed by atoms with van der Waals surface area (Å²) in [7, 11) is 0. The van der Waals surface area contributed by atoms with Gasteiger partial charge in [0.1, 0.15) is 17.2 Å². The maximum Gasteiger partial charge on any atom is 0.140 e. The Morgan fingerprint density at radius 1 is 1.06 bits per heavy atom.